The lowest BCUT2D eigenvalue weighted by atomic mass is 9.47. The molecule has 1 N–H and O–H groups in total. The lowest BCUT2D eigenvalue weighted by Crippen LogP contribution is -2.52. The van der Waals surface area contributed by atoms with Gasteiger partial charge in [-0.3, -0.25) is 0 Å². The van der Waals surface area contributed by atoms with Crippen LogP contribution in [0.15, 0.2) is 16.8 Å². The van der Waals surface area contributed by atoms with Crippen molar-refractivity contribution in [2.45, 2.75) is 96.9 Å². The molecule has 0 amide bonds. The second kappa shape index (κ2) is 7.12. The zero-order valence-electron chi connectivity index (χ0n) is 17.7. The fourth-order valence-electron chi connectivity index (χ4n) is 7.83. The Hall–Kier alpha value is -0.870. The van der Waals surface area contributed by atoms with Crippen molar-refractivity contribution in [1.82, 2.24) is 0 Å². The molecule has 4 nitrogen and oxygen atoms in total. The number of hydrogen-bond donors (Lipinski definition) is 1. The van der Waals surface area contributed by atoms with Gasteiger partial charge in [0.05, 0.1) is 11.8 Å². The van der Waals surface area contributed by atoms with Crippen LogP contribution in [0.3, 0.4) is 0 Å². The van der Waals surface area contributed by atoms with Gasteiger partial charge in [0.25, 0.3) is 0 Å². The first kappa shape index (κ1) is 19.1. The maximum absolute atomic E-state index is 9.24. The van der Waals surface area contributed by atoms with E-state index in [0.29, 0.717) is 16.9 Å². The molecule has 7 unspecified atom stereocenters. The first-order valence-electron chi connectivity index (χ1n) is 11.7. The van der Waals surface area contributed by atoms with Crippen molar-refractivity contribution in [2.75, 3.05) is 6.61 Å². The van der Waals surface area contributed by atoms with Crippen molar-refractivity contribution in [1.29, 1.82) is 0 Å². The summed E-state index contributed by atoms with van der Waals surface area (Å²) in [6.07, 6.45) is 15.9. The van der Waals surface area contributed by atoms with E-state index in [1.807, 2.05) is 0 Å². The maximum atomic E-state index is 9.24. The van der Waals surface area contributed by atoms with Crippen molar-refractivity contribution in [3.8, 4) is 0 Å². The molecule has 156 valence electrons. The highest BCUT2D eigenvalue weighted by Gasteiger charge is 2.59. The third-order valence-electron chi connectivity index (χ3n) is 9.47. The van der Waals surface area contributed by atoms with Gasteiger partial charge in [0.15, 0.2) is 6.29 Å². The van der Waals surface area contributed by atoms with E-state index < -0.39 is 0 Å². The zero-order valence-corrected chi connectivity index (χ0v) is 17.7. The van der Waals surface area contributed by atoms with Gasteiger partial charge in [0.1, 0.15) is 0 Å². The van der Waals surface area contributed by atoms with Crippen LogP contribution in [0.2, 0.25) is 0 Å². The van der Waals surface area contributed by atoms with E-state index in [0.717, 1.165) is 49.3 Å². The molecule has 1 aliphatic heterocycles. The van der Waals surface area contributed by atoms with Gasteiger partial charge >= 0.3 is 0 Å². The molecule has 0 aromatic heterocycles. The van der Waals surface area contributed by atoms with Crippen molar-refractivity contribution >= 4 is 5.71 Å². The predicted molar refractivity (Wildman–Crippen MR) is 109 cm³/mol. The summed E-state index contributed by atoms with van der Waals surface area (Å²) in [5.41, 5.74) is 3.07. The number of oxime groups is 1. The topological polar surface area (TPSA) is 51.1 Å². The molecule has 7 atom stereocenters. The van der Waals surface area contributed by atoms with Crippen LogP contribution < -0.4 is 0 Å². The minimum absolute atomic E-state index is 0.0417. The van der Waals surface area contributed by atoms with Crippen LogP contribution in [0.1, 0.15) is 84.5 Å². The number of ether oxygens (including phenoxy) is 2. The van der Waals surface area contributed by atoms with Gasteiger partial charge in [-0.15, -0.1) is 0 Å². The van der Waals surface area contributed by atoms with Crippen LogP contribution >= 0.6 is 0 Å². The molecule has 1 saturated heterocycles. The summed E-state index contributed by atoms with van der Waals surface area (Å²) in [6, 6.07) is 0. The second-order valence-corrected chi connectivity index (χ2v) is 10.6. The summed E-state index contributed by atoms with van der Waals surface area (Å²) in [7, 11) is 0. The Morgan fingerprint density at radius 3 is 2.71 bits per heavy atom. The zero-order chi connectivity index (χ0) is 19.4. The van der Waals surface area contributed by atoms with Gasteiger partial charge in [-0.2, -0.15) is 0 Å². The van der Waals surface area contributed by atoms with Crippen molar-refractivity contribution in [2.24, 2.45) is 33.7 Å². The molecule has 0 radical (unpaired) electrons. The predicted octanol–water partition coefficient (Wildman–Crippen LogP) is 5.69. The van der Waals surface area contributed by atoms with Crippen molar-refractivity contribution in [3.63, 3.8) is 0 Å². The molecule has 5 rings (SSSR count). The van der Waals surface area contributed by atoms with E-state index in [9.17, 15) is 5.21 Å². The third kappa shape index (κ3) is 2.89. The first-order chi connectivity index (χ1) is 13.5. The molecule has 0 bridgehead atoms. The van der Waals surface area contributed by atoms with E-state index in [-0.39, 0.29) is 6.29 Å². The van der Waals surface area contributed by atoms with Crippen LogP contribution in [-0.2, 0) is 9.47 Å². The maximum Gasteiger partial charge on any atom is 0.157 e. The number of nitrogens with zero attached hydrogens (tertiary/aromatic N) is 1. The fraction of sp³-hybridized carbons (Fsp3) is 0.875. The van der Waals surface area contributed by atoms with E-state index in [4.69, 9.17) is 9.47 Å². The van der Waals surface area contributed by atoms with Crippen molar-refractivity contribution in [3.05, 3.63) is 11.6 Å². The van der Waals surface area contributed by atoms with Gasteiger partial charge in [-0.05, 0) is 105 Å². The summed E-state index contributed by atoms with van der Waals surface area (Å²) < 4.78 is 12.5. The molecular formula is C24H37NO3. The molecule has 4 aliphatic carbocycles. The van der Waals surface area contributed by atoms with Crippen LogP contribution in [0.5, 0.6) is 0 Å². The summed E-state index contributed by atoms with van der Waals surface area (Å²) in [5.74, 6) is 2.41. The summed E-state index contributed by atoms with van der Waals surface area (Å²) >= 11 is 0. The minimum atomic E-state index is 0.0417. The van der Waals surface area contributed by atoms with Gasteiger partial charge < -0.3 is 14.7 Å². The molecule has 4 heteroatoms. The van der Waals surface area contributed by atoms with Gasteiger partial charge in [0.2, 0.25) is 0 Å². The molecule has 3 saturated carbocycles. The Bertz CT molecular complexity index is 667. The van der Waals surface area contributed by atoms with Crippen LogP contribution in [0.4, 0.5) is 0 Å². The molecule has 0 spiro atoms. The number of hydrogen-bond acceptors (Lipinski definition) is 4. The highest BCUT2D eigenvalue weighted by molar-refractivity contribution is 5.96. The summed E-state index contributed by atoms with van der Waals surface area (Å²) in [6.45, 7) is 5.90. The van der Waals surface area contributed by atoms with E-state index in [2.05, 4.69) is 25.1 Å². The van der Waals surface area contributed by atoms with E-state index in [1.165, 1.54) is 51.4 Å². The minimum Gasteiger partial charge on any atom is -0.411 e. The normalized spacial score (nSPS) is 49.9. The monoisotopic (exact) mass is 387 g/mol. The number of rotatable bonds is 2. The number of fused-ring (bicyclic) bond motifs is 5. The van der Waals surface area contributed by atoms with Gasteiger partial charge in [0, 0.05) is 6.61 Å². The Morgan fingerprint density at radius 1 is 1.04 bits per heavy atom. The molecule has 0 aromatic rings. The Morgan fingerprint density at radius 2 is 1.93 bits per heavy atom. The average Bonchev–Trinajstić information content (AvgIpc) is 3.04. The van der Waals surface area contributed by atoms with Crippen LogP contribution in [-0.4, -0.2) is 29.9 Å². The molecule has 5 aliphatic rings. The third-order valence-corrected chi connectivity index (χ3v) is 9.47. The molecule has 1 heterocycles. The molecule has 28 heavy (non-hydrogen) atoms. The van der Waals surface area contributed by atoms with Gasteiger partial charge in [-0.25, -0.2) is 0 Å². The lowest BCUT2D eigenvalue weighted by molar-refractivity contribution is -0.215. The molecule has 0 aromatic carbocycles. The Balaban J connectivity index is 1.35. The Kier molecular flexibility index (Phi) is 4.86. The molecule has 4 fully saturated rings. The number of allylic oxidation sites excluding steroid dienone is 2. The fourth-order valence-corrected chi connectivity index (χ4v) is 7.83. The first-order valence-corrected chi connectivity index (χ1v) is 11.7. The van der Waals surface area contributed by atoms with Crippen LogP contribution in [0.25, 0.3) is 0 Å². The van der Waals surface area contributed by atoms with Crippen LogP contribution in [0, 0.1) is 28.6 Å². The molecular weight excluding hydrogens is 350 g/mol. The smallest absolute Gasteiger partial charge is 0.157 e. The SMILES string of the molecule is CC12CC/C(=N/O)C=C1CCC1C2CCC2(C)C(OC3CCCCO3)CCC12. The van der Waals surface area contributed by atoms with Gasteiger partial charge in [-0.1, -0.05) is 24.6 Å². The quantitative estimate of drug-likeness (QED) is 0.489. The largest absolute Gasteiger partial charge is 0.411 e. The highest BCUT2D eigenvalue weighted by Crippen LogP contribution is 2.65. The lowest BCUT2D eigenvalue weighted by Gasteiger charge is -2.58. The van der Waals surface area contributed by atoms with Crippen molar-refractivity contribution < 1.29 is 14.7 Å². The highest BCUT2D eigenvalue weighted by atomic mass is 16.7. The standard InChI is InChI=1S/C24H37NO3/c1-23-12-10-17(25-26)15-16(23)6-7-18-19-8-9-21(24(19,2)13-11-20(18)23)28-22-5-3-4-14-27-22/h15,18-22,26H,3-14H2,1-2H3/b25-17-. The second-order valence-electron chi connectivity index (χ2n) is 10.6. The summed E-state index contributed by atoms with van der Waals surface area (Å²) in [5, 5.41) is 12.8. The Labute approximate surface area is 169 Å². The average molecular weight is 388 g/mol. The summed E-state index contributed by atoms with van der Waals surface area (Å²) in [4.78, 5) is 0. The van der Waals surface area contributed by atoms with E-state index in [1.54, 1.807) is 5.57 Å². The van der Waals surface area contributed by atoms with E-state index >= 15 is 0 Å².